The molecule has 0 saturated carbocycles. The third kappa shape index (κ3) is 4.69. The van der Waals surface area contributed by atoms with Crippen molar-refractivity contribution in [1.82, 2.24) is 0 Å². The lowest BCUT2D eigenvalue weighted by Gasteiger charge is -2.23. The first kappa shape index (κ1) is 24.6. The molecule has 7 nitrogen and oxygen atoms in total. The van der Waals surface area contributed by atoms with Crippen LogP contribution in [0.3, 0.4) is 0 Å². The summed E-state index contributed by atoms with van der Waals surface area (Å²) in [4.78, 5) is 26.7. The maximum absolute atomic E-state index is 12.4. The highest BCUT2D eigenvalue weighted by Crippen LogP contribution is 2.39. The molecule has 178 valence electrons. The number of carbonyl (C=O) groups excluding carboxylic acids is 2. The minimum absolute atomic E-state index is 0.0519. The van der Waals surface area contributed by atoms with Crippen LogP contribution in [0.1, 0.15) is 54.5 Å². The molecular formula is C27H29NO6. The number of carbonyl (C=O) groups is 2. The molecule has 7 heteroatoms. The fourth-order valence-corrected chi connectivity index (χ4v) is 4.02. The van der Waals surface area contributed by atoms with E-state index in [9.17, 15) is 19.8 Å². The Balaban J connectivity index is 2.31. The monoisotopic (exact) mass is 463 g/mol. The topological polar surface area (TPSA) is 96.3 Å². The highest BCUT2D eigenvalue weighted by Gasteiger charge is 2.25. The quantitative estimate of drug-likeness (QED) is 0.409. The lowest BCUT2D eigenvalue weighted by molar-refractivity contribution is 0.0588. The maximum atomic E-state index is 12.4. The Labute approximate surface area is 199 Å². The second kappa shape index (κ2) is 9.87. The average Bonchev–Trinajstić information content (AvgIpc) is 2.82. The Hall–Kier alpha value is -4.00. The molecule has 0 aliphatic rings. The maximum Gasteiger partial charge on any atom is 0.341 e. The molecule has 0 bridgehead atoms. The van der Waals surface area contributed by atoms with Crippen molar-refractivity contribution >= 4 is 17.6 Å². The summed E-state index contributed by atoms with van der Waals surface area (Å²) < 4.78 is 9.72. The third-order valence-electron chi connectivity index (χ3n) is 5.87. The van der Waals surface area contributed by atoms with Crippen molar-refractivity contribution in [3.8, 4) is 11.5 Å². The molecule has 0 aliphatic heterocycles. The second-order valence-electron chi connectivity index (χ2n) is 8.37. The number of benzene rings is 3. The molecular weight excluding hydrogens is 434 g/mol. The normalized spacial score (nSPS) is 10.8. The fraction of sp³-hybridized carbons (Fsp3) is 0.259. The van der Waals surface area contributed by atoms with Crippen LogP contribution in [-0.4, -0.2) is 50.5 Å². The van der Waals surface area contributed by atoms with Gasteiger partial charge in [0.1, 0.15) is 22.6 Å². The molecule has 2 N–H and O–H groups in total. The van der Waals surface area contributed by atoms with E-state index in [1.54, 1.807) is 38.1 Å². The number of methoxy groups -OCH3 is 2. The van der Waals surface area contributed by atoms with Gasteiger partial charge in [0.25, 0.3) is 0 Å². The summed E-state index contributed by atoms with van der Waals surface area (Å²) in [5.74, 6) is -2.01. The SMILES string of the molecule is COC(=O)c1cc(C(c2ccc(N(C)C)cc2)c2cc(C)c(O)c(C(=O)OC)c2)cc(C)c1O. The summed E-state index contributed by atoms with van der Waals surface area (Å²) >= 11 is 0. The van der Waals surface area contributed by atoms with Crippen LogP contribution in [-0.2, 0) is 9.47 Å². The smallest absolute Gasteiger partial charge is 0.341 e. The Bertz CT molecular complexity index is 1160. The summed E-state index contributed by atoms with van der Waals surface area (Å²) in [5.41, 5.74) is 4.47. The summed E-state index contributed by atoms with van der Waals surface area (Å²) in [7, 11) is 6.41. The Morgan fingerprint density at radius 3 is 1.50 bits per heavy atom. The Morgan fingerprint density at radius 2 is 1.15 bits per heavy atom. The van der Waals surface area contributed by atoms with Gasteiger partial charge in [-0.15, -0.1) is 0 Å². The summed E-state index contributed by atoms with van der Waals surface area (Å²) in [6.07, 6.45) is 0. The molecule has 0 fully saturated rings. The highest BCUT2D eigenvalue weighted by molar-refractivity contribution is 5.94. The number of aryl methyl sites for hydroxylation is 2. The number of aromatic hydroxyl groups is 2. The summed E-state index contributed by atoms with van der Waals surface area (Å²) in [6, 6.07) is 14.7. The number of nitrogens with zero attached hydrogens (tertiary/aromatic N) is 1. The van der Waals surface area contributed by atoms with Gasteiger partial charge in [-0.3, -0.25) is 0 Å². The van der Waals surface area contributed by atoms with E-state index in [4.69, 9.17) is 9.47 Å². The van der Waals surface area contributed by atoms with Gasteiger partial charge >= 0.3 is 11.9 Å². The number of phenols is 2. The zero-order valence-electron chi connectivity index (χ0n) is 20.2. The van der Waals surface area contributed by atoms with E-state index in [0.717, 1.165) is 11.3 Å². The van der Waals surface area contributed by atoms with Crippen molar-refractivity contribution in [3.05, 3.63) is 87.5 Å². The minimum atomic E-state index is -0.652. The Morgan fingerprint density at radius 1 is 0.735 bits per heavy atom. The van der Waals surface area contributed by atoms with Crippen LogP contribution < -0.4 is 4.90 Å². The number of anilines is 1. The number of esters is 2. The van der Waals surface area contributed by atoms with Crippen molar-refractivity contribution in [2.75, 3.05) is 33.2 Å². The molecule has 0 aliphatic carbocycles. The summed E-state index contributed by atoms with van der Waals surface area (Å²) in [5, 5.41) is 20.9. The minimum Gasteiger partial charge on any atom is -0.507 e. The molecule has 0 atom stereocenters. The standard InChI is InChI=1S/C27H29NO6/c1-15-11-18(13-21(24(15)29)26(31)33-5)23(17-7-9-20(10-8-17)28(3)4)19-12-16(2)25(30)22(14-19)27(32)34-6/h7-14,23,29-30H,1-6H3. The van der Waals surface area contributed by atoms with E-state index >= 15 is 0 Å². The fourth-order valence-electron chi connectivity index (χ4n) is 4.02. The van der Waals surface area contributed by atoms with E-state index < -0.39 is 17.9 Å². The van der Waals surface area contributed by atoms with Gasteiger partial charge in [-0.2, -0.15) is 0 Å². The first-order valence-electron chi connectivity index (χ1n) is 10.7. The molecule has 0 aromatic heterocycles. The number of ether oxygens (including phenoxy) is 2. The zero-order chi connectivity index (χ0) is 25.2. The molecule has 0 saturated heterocycles. The number of phenolic OH excluding ortho intramolecular Hbond substituents is 2. The van der Waals surface area contributed by atoms with Gasteiger partial charge in [0.15, 0.2) is 0 Å². The van der Waals surface area contributed by atoms with Crippen molar-refractivity contribution in [2.24, 2.45) is 0 Å². The molecule has 3 aromatic carbocycles. The van der Waals surface area contributed by atoms with E-state index in [1.165, 1.54) is 14.2 Å². The zero-order valence-corrected chi connectivity index (χ0v) is 20.2. The third-order valence-corrected chi connectivity index (χ3v) is 5.87. The van der Waals surface area contributed by atoms with Crippen LogP contribution in [0.5, 0.6) is 11.5 Å². The van der Waals surface area contributed by atoms with Gasteiger partial charge in [0, 0.05) is 25.7 Å². The molecule has 0 spiro atoms. The molecule has 0 amide bonds. The van der Waals surface area contributed by atoms with E-state index in [0.29, 0.717) is 22.3 Å². The van der Waals surface area contributed by atoms with Crippen LogP contribution >= 0.6 is 0 Å². The van der Waals surface area contributed by atoms with Gasteiger partial charge in [-0.1, -0.05) is 24.3 Å². The van der Waals surface area contributed by atoms with Crippen LogP contribution in [0.2, 0.25) is 0 Å². The molecule has 0 radical (unpaired) electrons. The van der Waals surface area contributed by atoms with Crippen LogP contribution in [0.4, 0.5) is 5.69 Å². The summed E-state index contributed by atoms with van der Waals surface area (Å²) in [6.45, 7) is 3.42. The van der Waals surface area contributed by atoms with Gasteiger partial charge in [0.2, 0.25) is 0 Å². The van der Waals surface area contributed by atoms with Crippen molar-refractivity contribution in [3.63, 3.8) is 0 Å². The predicted octanol–water partition coefficient (Wildman–Crippen LogP) is 4.53. The lowest BCUT2D eigenvalue weighted by Crippen LogP contribution is -2.11. The lowest BCUT2D eigenvalue weighted by atomic mass is 9.82. The Kier molecular flexibility index (Phi) is 7.15. The highest BCUT2D eigenvalue weighted by atomic mass is 16.5. The van der Waals surface area contributed by atoms with Crippen LogP contribution in [0.15, 0.2) is 48.5 Å². The largest absolute Gasteiger partial charge is 0.507 e. The van der Waals surface area contributed by atoms with Gasteiger partial charge in [-0.25, -0.2) is 9.59 Å². The van der Waals surface area contributed by atoms with Crippen LogP contribution in [0.25, 0.3) is 0 Å². The van der Waals surface area contributed by atoms with Crippen LogP contribution in [0, 0.1) is 13.8 Å². The number of hydrogen-bond acceptors (Lipinski definition) is 7. The molecule has 3 rings (SSSR count). The molecule has 0 heterocycles. The predicted molar refractivity (Wildman–Crippen MR) is 130 cm³/mol. The number of rotatable bonds is 6. The van der Waals surface area contributed by atoms with E-state index in [1.807, 2.05) is 43.3 Å². The van der Waals surface area contributed by atoms with E-state index in [2.05, 4.69) is 0 Å². The molecule has 34 heavy (non-hydrogen) atoms. The molecule has 0 unspecified atom stereocenters. The second-order valence-corrected chi connectivity index (χ2v) is 8.37. The first-order chi connectivity index (χ1) is 16.1. The first-order valence-corrected chi connectivity index (χ1v) is 10.7. The number of hydrogen-bond donors (Lipinski definition) is 2. The van der Waals surface area contributed by atoms with Crippen molar-refractivity contribution in [1.29, 1.82) is 0 Å². The van der Waals surface area contributed by atoms with Gasteiger partial charge < -0.3 is 24.6 Å². The van der Waals surface area contributed by atoms with Crippen molar-refractivity contribution < 1.29 is 29.3 Å². The van der Waals surface area contributed by atoms with Gasteiger partial charge in [-0.05, 0) is 65.9 Å². The molecule has 3 aromatic rings. The average molecular weight is 464 g/mol. The van der Waals surface area contributed by atoms with Crippen molar-refractivity contribution in [2.45, 2.75) is 19.8 Å². The van der Waals surface area contributed by atoms with E-state index in [-0.39, 0.29) is 22.6 Å². The van der Waals surface area contributed by atoms with Gasteiger partial charge in [0.05, 0.1) is 14.2 Å².